The Morgan fingerprint density at radius 1 is 1.30 bits per heavy atom. The Bertz CT molecular complexity index is 637. The first-order chi connectivity index (χ1) is 13.1. The molecule has 0 aromatic rings. The molecule has 2 atom stereocenters. The molecular formula is C18H30N6O3. The van der Waals surface area contributed by atoms with Gasteiger partial charge < -0.3 is 30.3 Å². The Morgan fingerprint density at radius 3 is 2.70 bits per heavy atom. The molecule has 0 radical (unpaired) electrons. The lowest BCUT2D eigenvalue weighted by Crippen LogP contribution is -2.58. The third-order valence-electron chi connectivity index (χ3n) is 5.11. The molecule has 1 saturated heterocycles. The molecule has 0 aliphatic carbocycles. The molecule has 9 heteroatoms. The molecule has 3 N–H and O–H groups in total. The van der Waals surface area contributed by atoms with Crippen molar-refractivity contribution in [2.24, 2.45) is 0 Å². The number of rotatable bonds is 6. The first-order valence-corrected chi connectivity index (χ1v) is 9.51. The Balaban J connectivity index is 1.91. The predicted octanol–water partition coefficient (Wildman–Crippen LogP) is -1.64. The van der Waals surface area contributed by atoms with Crippen molar-refractivity contribution in [2.45, 2.75) is 26.5 Å². The minimum absolute atomic E-state index is 0.157. The van der Waals surface area contributed by atoms with Gasteiger partial charge in [0.2, 0.25) is 6.35 Å². The van der Waals surface area contributed by atoms with Crippen LogP contribution >= 0.6 is 0 Å². The molecule has 1 amide bonds. The number of aliphatic hydroxyl groups is 1. The predicted molar refractivity (Wildman–Crippen MR) is 101 cm³/mol. The first-order valence-electron chi connectivity index (χ1n) is 9.51. The van der Waals surface area contributed by atoms with Gasteiger partial charge in [-0.1, -0.05) is 5.92 Å². The van der Waals surface area contributed by atoms with Gasteiger partial charge in [-0.2, -0.15) is 0 Å². The summed E-state index contributed by atoms with van der Waals surface area (Å²) < 4.78 is 5.47. The van der Waals surface area contributed by atoms with E-state index in [9.17, 15) is 9.90 Å². The van der Waals surface area contributed by atoms with Crippen LogP contribution in [-0.4, -0.2) is 103 Å². The molecule has 3 rings (SSSR count). The summed E-state index contributed by atoms with van der Waals surface area (Å²) in [5, 5.41) is 17.5. The lowest BCUT2D eigenvalue weighted by molar-refractivity contribution is -0.154. The molecule has 0 saturated carbocycles. The van der Waals surface area contributed by atoms with Crippen LogP contribution in [0.3, 0.4) is 0 Å². The van der Waals surface area contributed by atoms with E-state index in [1.807, 2.05) is 11.8 Å². The zero-order valence-electron chi connectivity index (χ0n) is 16.4. The Kier molecular flexibility index (Phi) is 6.44. The summed E-state index contributed by atoms with van der Waals surface area (Å²) >= 11 is 0. The van der Waals surface area contributed by atoms with Crippen molar-refractivity contribution < 1.29 is 14.6 Å². The van der Waals surface area contributed by atoms with E-state index in [1.54, 1.807) is 18.9 Å². The highest BCUT2D eigenvalue weighted by atomic mass is 16.5. The topological polar surface area (TPSA) is 83.6 Å². The number of amides is 1. The number of nitrogens with one attached hydrogen (secondary N) is 2. The lowest BCUT2D eigenvalue weighted by atomic mass is 10.2. The molecule has 3 heterocycles. The highest BCUT2D eigenvalue weighted by Crippen LogP contribution is 2.31. The van der Waals surface area contributed by atoms with Gasteiger partial charge in [0, 0.05) is 46.4 Å². The average molecular weight is 378 g/mol. The van der Waals surface area contributed by atoms with Gasteiger partial charge in [0.15, 0.2) is 6.29 Å². The lowest BCUT2D eigenvalue weighted by Gasteiger charge is -2.40. The number of carbonyl (C=O) groups excluding carboxylic acids is 1. The van der Waals surface area contributed by atoms with Crippen LogP contribution in [0.1, 0.15) is 13.8 Å². The van der Waals surface area contributed by atoms with Crippen LogP contribution in [0.15, 0.2) is 11.5 Å². The maximum Gasteiger partial charge on any atom is 0.277 e. The van der Waals surface area contributed by atoms with Gasteiger partial charge in [-0.15, -0.1) is 5.92 Å². The Hall–Kier alpha value is -1.99. The highest BCUT2D eigenvalue weighted by Gasteiger charge is 2.47. The summed E-state index contributed by atoms with van der Waals surface area (Å²) in [6, 6.07) is 0. The van der Waals surface area contributed by atoms with Crippen molar-refractivity contribution in [1.29, 1.82) is 0 Å². The van der Waals surface area contributed by atoms with Crippen LogP contribution in [0.4, 0.5) is 0 Å². The van der Waals surface area contributed by atoms with E-state index in [-0.39, 0.29) is 12.2 Å². The van der Waals surface area contributed by atoms with E-state index in [4.69, 9.17) is 4.74 Å². The van der Waals surface area contributed by atoms with Crippen LogP contribution < -0.4 is 10.6 Å². The summed E-state index contributed by atoms with van der Waals surface area (Å²) in [6.45, 7) is 9.31. The first kappa shape index (κ1) is 19.8. The fraction of sp³-hybridized carbons (Fsp3) is 0.722. The largest absolute Gasteiger partial charge is 0.380 e. The second-order valence-electron chi connectivity index (χ2n) is 6.71. The van der Waals surface area contributed by atoms with E-state index in [2.05, 4.69) is 27.4 Å². The van der Waals surface area contributed by atoms with Crippen molar-refractivity contribution in [3.63, 3.8) is 0 Å². The highest BCUT2D eigenvalue weighted by molar-refractivity contribution is 5.94. The number of carbonyl (C=O) groups is 1. The second kappa shape index (κ2) is 8.80. The Morgan fingerprint density at radius 2 is 2.04 bits per heavy atom. The van der Waals surface area contributed by atoms with Crippen LogP contribution in [-0.2, 0) is 9.53 Å². The van der Waals surface area contributed by atoms with Gasteiger partial charge in [0.05, 0.1) is 13.2 Å². The van der Waals surface area contributed by atoms with Gasteiger partial charge in [-0.05, 0) is 13.8 Å². The maximum atomic E-state index is 13.0. The molecule has 3 aliphatic heterocycles. The number of hydrogen-bond donors (Lipinski definition) is 3. The molecule has 0 aromatic carbocycles. The second-order valence-corrected chi connectivity index (χ2v) is 6.71. The summed E-state index contributed by atoms with van der Waals surface area (Å²) in [4.78, 5) is 20.4. The summed E-state index contributed by atoms with van der Waals surface area (Å²) in [6.07, 6.45) is -1.18. The fourth-order valence-corrected chi connectivity index (χ4v) is 3.65. The number of nitrogens with zero attached hydrogens (tertiary/aromatic N) is 4. The van der Waals surface area contributed by atoms with Gasteiger partial charge in [0.25, 0.3) is 5.91 Å². The molecule has 9 nitrogen and oxygen atoms in total. The number of likely N-dealkylation sites (N-methyl/N-ethyl adjacent to an activating group) is 1. The van der Waals surface area contributed by atoms with Crippen LogP contribution in [0.25, 0.3) is 0 Å². The standard InChI is InChI=1S/C18H30N6O3/c1-4-6-9-23-14-15(20-17(23)22-10-7-19-8-11-22)24(12-13-27-5-2)18(26)21(3)16(14)25/h17-20,26H,5,7-13H2,1-3H3. The minimum Gasteiger partial charge on any atom is -0.380 e. The number of aliphatic hydroxyl groups excluding tert-OH is 1. The van der Waals surface area contributed by atoms with Crippen molar-refractivity contribution in [2.75, 3.05) is 59.5 Å². The third-order valence-corrected chi connectivity index (χ3v) is 5.11. The van der Waals surface area contributed by atoms with Gasteiger partial charge in [0.1, 0.15) is 11.5 Å². The van der Waals surface area contributed by atoms with Gasteiger partial charge in [-0.25, -0.2) is 0 Å². The monoisotopic (exact) mass is 378 g/mol. The fourth-order valence-electron chi connectivity index (χ4n) is 3.65. The molecule has 3 aliphatic rings. The van der Waals surface area contributed by atoms with Crippen molar-refractivity contribution >= 4 is 5.91 Å². The number of ether oxygens (including phenoxy) is 1. The number of piperazine rings is 1. The Labute approximate surface area is 160 Å². The van der Waals surface area contributed by atoms with E-state index < -0.39 is 6.35 Å². The normalized spacial score (nSPS) is 26.1. The van der Waals surface area contributed by atoms with Crippen LogP contribution in [0.2, 0.25) is 0 Å². The minimum atomic E-state index is -1.02. The average Bonchev–Trinajstić information content (AvgIpc) is 3.07. The molecule has 150 valence electrons. The van der Waals surface area contributed by atoms with Crippen molar-refractivity contribution in [3.8, 4) is 11.8 Å². The quantitative estimate of drug-likeness (QED) is 0.375. The van der Waals surface area contributed by atoms with Crippen LogP contribution in [0, 0.1) is 11.8 Å². The van der Waals surface area contributed by atoms with Crippen molar-refractivity contribution in [1.82, 2.24) is 30.2 Å². The van der Waals surface area contributed by atoms with Crippen molar-refractivity contribution in [3.05, 3.63) is 11.5 Å². The van der Waals surface area contributed by atoms with E-state index in [1.165, 1.54) is 4.90 Å². The molecule has 0 bridgehead atoms. The van der Waals surface area contributed by atoms with Gasteiger partial charge >= 0.3 is 0 Å². The summed E-state index contributed by atoms with van der Waals surface area (Å²) in [7, 11) is 1.62. The third kappa shape index (κ3) is 3.84. The van der Waals surface area contributed by atoms with E-state index in [0.717, 1.165) is 26.2 Å². The summed E-state index contributed by atoms with van der Waals surface area (Å²) in [5.74, 6) is 6.47. The zero-order valence-corrected chi connectivity index (χ0v) is 16.4. The molecule has 0 spiro atoms. The molecule has 1 fully saturated rings. The summed E-state index contributed by atoms with van der Waals surface area (Å²) in [5.41, 5.74) is 0.561. The maximum absolute atomic E-state index is 13.0. The van der Waals surface area contributed by atoms with Gasteiger partial charge in [-0.3, -0.25) is 14.6 Å². The number of hydrogen-bond acceptors (Lipinski definition) is 8. The van der Waals surface area contributed by atoms with E-state index >= 15 is 0 Å². The SMILES string of the molecule is CC#CCN1C2=C(NC1N1CCNCC1)N(CCOCC)C(O)N(C)C2=O. The van der Waals surface area contributed by atoms with Crippen LogP contribution in [0.5, 0.6) is 0 Å². The molecule has 27 heavy (non-hydrogen) atoms. The molecule has 2 unspecified atom stereocenters. The van der Waals surface area contributed by atoms with E-state index in [0.29, 0.717) is 37.8 Å². The molecule has 0 aromatic heterocycles. The smallest absolute Gasteiger partial charge is 0.277 e. The zero-order chi connectivity index (χ0) is 19.4. The molecular weight excluding hydrogens is 348 g/mol.